The Kier molecular flexibility index (Phi) is 5.59. The molecule has 30 heavy (non-hydrogen) atoms. The van der Waals surface area contributed by atoms with Gasteiger partial charge in [-0.2, -0.15) is 5.26 Å². The third-order valence-corrected chi connectivity index (χ3v) is 5.85. The summed E-state index contributed by atoms with van der Waals surface area (Å²) >= 11 is 0. The number of hydrogen-bond acceptors (Lipinski definition) is 4. The van der Waals surface area contributed by atoms with E-state index in [4.69, 9.17) is 10.5 Å². The lowest BCUT2D eigenvalue weighted by atomic mass is 9.81. The fourth-order valence-corrected chi connectivity index (χ4v) is 4.34. The van der Waals surface area contributed by atoms with Crippen molar-refractivity contribution in [2.24, 2.45) is 0 Å². The Morgan fingerprint density at radius 2 is 1.83 bits per heavy atom. The molecule has 1 atom stereocenters. The molecule has 152 valence electrons. The molecule has 4 rings (SSSR count). The topological polar surface area (TPSA) is 62.3 Å². The van der Waals surface area contributed by atoms with Gasteiger partial charge < -0.3 is 15.4 Å². The molecule has 3 aromatic rings. The number of nitrogens with zero attached hydrogens (tertiary/aromatic N) is 2. The molecule has 3 aromatic carbocycles. The highest BCUT2D eigenvalue weighted by Crippen LogP contribution is 2.46. The molecule has 0 aromatic heterocycles. The van der Waals surface area contributed by atoms with E-state index in [0.29, 0.717) is 12.2 Å². The highest BCUT2D eigenvalue weighted by atomic mass is 16.5. The zero-order chi connectivity index (χ0) is 21.1. The van der Waals surface area contributed by atoms with Crippen molar-refractivity contribution < 1.29 is 4.74 Å². The van der Waals surface area contributed by atoms with Crippen LogP contribution in [0.5, 0.6) is 0 Å². The van der Waals surface area contributed by atoms with Crippen molar-refractivity contribution >= 4 is 5.69 Å². The van der Waals surface area contributed by atoms with E-state index in [1.54, 1.807) is 0 Å². The second kappa shape index (κ2) is 8.31. The molecule has 4 heteroatoms. The molecule has 1 aliphatic heterocycles. The van der Waals surface area contributed by atoms with Gasteiger partial charge in [-0.15, -0.1) is 0 Å². The normalized spacial score (nSPS) is 17.7. The Hall–Kier alpha value is -3.13. The third kappa shape index (κ3) is 3.82. The highest BCUT2D eigenvalue weighted by molar-refractivity contribution is 5.68. The van der Waals surface area contributed by atoms with Crippen LogP contribution in [0, 0.1) is 11.3 Å². The molecular weight excluding hydrogens is 370 g/mol. The molecule has 1 heterocycles. The lowest BCUT2D eigenvalue weighted by Crippen LogP contribution is -2.28. The van der Waals surface area contributed by atoms with Gasteiger partial charge in [0.15, 0.2) is 0 Å². The van der Waals surface area contributed by atoms with Gasteiger partial charge in [0, 0.05) is 5.69 Å². The number of rotatable bonds is 6. The van der Waals surface area contributed by atoms with E-state index in [0.717, 1.165) is 47.3 Å². The number of nitriles is 1. The molecule has 0 saturated heterocycles. The molecular formula is C26H27N3O. The number of benzene rings is 3. The molecule has 4 nitrogen and oxygen atoms in total. The summed E-state index contributed by atoms with van der Waals surface area (Å²) in [6, 6.07) is 24.7. The minimum absolute atomic E-state index is 0.479. The van der Waals surface area contributed by atoms with Gasteiger partial charge in [0.05, 0.1) is 18.2 Å². The standard InChI is InChI=1S/C26H27N3O/c1-29(2)14-4-13-26(25-12-7-19(17-27)15-22(25)18-30-26)23-10-8-20(9-11-23)21-5-3-6-24(28)16-21/h3,5-12,15-16H,4,13-14,18,28H2,1-2H3. The molecule has 0 radical (unpaired) electrons. The summed E-state index contributed by atoms with van der Waals surface area (Å²) in [5.41, 5.74) is 12.6. The Bertz CT molecular complexity index is 1080. The Labute approximate surface area is 178 Å². The van der Waals surface area contributed by atoms with E-state index >= 15 is 0 Å². The quantitative estimate of drug-likeness (QED) is 0.600. The Morgan fingerprint density at radius 3 is 2.53 bits per heavy atom. The smallest absolute Gasteiger partial charge is 0.119 e. The molecule has 0 amide bonds. The third-order valence-electron chi connectivity index (χ3n) is 5.85. The van der Waals surface area contributed by atoms with Crippen LogP contribution in [-0.2, 0) is 16.9 Å². The van der Waals surface area contributed by atoms with E-state index in [9.17, 15) is 5.26 Å². The summed E-state index contributed by atoms with van der Waals surface area (Å²) in [4.78, 5) is 2.20. The van der Waals surface area contributed by atoms with Gasteiger partial charge in [-0.25, -0.2) is 0 Å². The Morgan fingerprint density at radius 1 is 1.03 bits per heavy atom. The summed E-state index contributed by atoms with van der Waals surface area (Å²) in [5, 5.41) is 9.27. The fourth-order valence-electron chi connectivity index (χ4n) is 4.34. The molecule has 1 unspecified atom stereocenters. The minimum Gasteiger partial charge on any atom is -0.399 e. The van der Waals surface area contributed by atoms with E-state index in [-0.39, 0.29) is 0 Å². The van der Waals surface area contributed by atoms with Crippen LogP contribution in [0.3, 0.4) is 0 Å². The van der Waals surface area contributed by atoms with Crippen molar-refractivity contribution in [3.63, 3.8) is 0 Å². The monoisotopic (exact) mass is 397 g/mol. The number of anilines is 1. The number of fused-ring (bicyclic) bond motifs is 1. The maximum absolute atomic E-state index is 9.27. The maximum atomic E-state index is 9.27. The van der Waals surface area contributed by atoms with Crippen molar-refractivity contribution in [1.82, 2.24) is 4.90 Å². The van der Waals surface area contributed by atoms with Crippen LogP contribution in [0.25, 0.3) is 11.1 Å². The first-order chi connectivity index (χ1) is 14.5. The SMILES string of the molecule is CN(C)CCCC1(c2ccc(-c3cccc(N)c3)cc2)OCc2cc(C#N)ccc21. The summed E-state index contributed by atoms with van der Waals surface area (Å²) in [6.45, 7) is 1.53. The van der Waals surface area contributed by atoms with Crippen molar-refractivity contribution in [3.05, 3.63) is 89.0 Å². The molecule has 0 fully saturated rings. The average Bonchev–Trinajstić information content (AvgIpc) is 3.12. The second-order valence-corrected chi connectivity index (χ2v) is 8.21. The first kappa shape index (κ1) is 20.2. The van der Waals surface area contributed by atoms with Crippen LogP contribution in [0.2, 0.25) is 0 Å². The van der Waals surface area contributed by atoms with Gasteiger partial charge in [-0.3, -0.25) is 0 Å². The summed E-state index contributed by atoms with van der Waals surface area (Å²) < 4.78 is 6.50. The largest absolute Gasteiger partial charge is 0.399 e. The minimum atomic E-state index is -0.479. The first-order valence-corrected chi connectivity index (χ1v) is 10.3. The van der Waals surface area contributed by atoms with Gasteiger partial charge >= 0.3 is 0 Å². The first-order valence-electron chi connectivity index (χ1n) is 10.3. The van der Waals surface area contributed by atoms with E-state index in [2.05, 4.69) is 61.5 Å². The fraction of sp³-hybridized carbons (Fsp3) is 0.269. The van der Waals surface area contributed by atoms with Gasteiger partial charge in [0.2, 0.25) is 0 Å². The number of nitrogens with two attached hydrogens (primary N) is 1. The van der Waals surface area contributed by atoms with Crippen LogP contribution in [0.15, 0.2) is 66.7 Å². The number of ether oxygens (including phenoxy) is 1. The zero-order valence-electron chi connectivity index (χ0n) is 17.6. The van der Waals surface area contributed by atoms with E-state index in [1.807, 2.05) is 30.3 Å². The van der Waals surface area contributed by atoms with Crippen LogP contribution >= 0.6 is 0 Å². The predicted molar refractivity (Wildman–Crippen MR) is 121 cm³/mol. The van der Waals surface area contributed by atoms with Crippen molar-refractivity contribution in [2.75, 3.05) is 26.4 Å². The van der Waals surface area contributed by atoms with Crippen LogP contribution in [0.1, 0.15) is 35.1 Å². The summed E-state index contributed by atoms with van der Waals surface area (Å²) in [5.74, 6) is 0. The molecule has 0 spiro atoms. The van der Waals surface area contributed by atoms with Gasteiger partial charge in [0.25, 0.3) is 0 Å². The lowest BCUT2D eigenvalue weighted by Gasteiger charge is -2.31. The zero-order valence-corrected chi connectivity index (χ0v) is 17.6. The molecule has 2 N–H and O–H groups in total. The predicted octanol–water partition coefficient (Wildman–Crippen LogP) is 4.92. The molecule has 0 bridgehead atoms. The van der Waals surface area contributed by atoms with Crippen molar-refractivity contribution in [1.29, 1.82) is 5.26 Å². The van der Waals surface area contributed by atoms with Crippen LogP contribution < -0.4 is 5.73 Å². The molecule has 0 aliphatic carbocycles. The van der Waals surface area contributed by atoms with Crippen molar-refractivity contribution in [2.45, 2.75) is 25.0 Å². The second-order valence-electron chi connectivity index (χ2n) is 8.21. The number of hydrogen-bond donors (Lipinski definition) is 1. The van der Waals surface area contributed by atoms with Crippen molar-refractivity contribution in [3.8, 4) is 17.2 Å². The molecule has 0 saturated carbocycles. The van der Waals surface area contributed by atoms with E-state index in [1.165, 1.54) is 5.56 Å². The Balaban J connectivity index is 1.72. The summed E-state index contributed by atoms with van der Waals surface area (Å²) in [7, 11) is 4.19. The number of nitrogen functional groups attached to an aromatic ring is 1. The van der Waals surface area contributed by atoms with Crippen LogP contribution in [-0.4, -0.2) is 25.5 Å². The average molecular weight is 398 g/mol. The maximum Gasteiger partial charge on any atom is 0.119 e. The van der Waals surface area contributed by atoms with Gasteiger partial charge in [-0.1, -0.05) is 42.5 Å². The molecule has 1 aliphatic rings. The van der Waals surface area contributed by atoms with Crippen LogP contribution in [0.4, 0.5) is 5.69 Å². The lowest BCUT2D eigenvalue weighted by molar-refractivity contribution is -0.0139. The van der Waals surface area contributed by atoms with Gasteiger partial charge in [-0.05, 0) is 85.6 Å². The highest BCUT2D eigenvalue weighted by Gasteiger charge is 2.41. The van der Waals surface area contributed by atoms with E-state index < -0.39 is 5.60 Å². The van der Waals surface area contributed by atoms with Gasteiger partial charge in [0.1, 0.15) is 5.60 Å². The summed E-state index contributed by atoms with van der Waals surface area (Å²) in [6.07, 6.45) is 1.91.